The van der Waals surface area contributed by atoms with Gasteiger partial charge >= 0.3 is 0 Å². The van der Waals surface area contributed by atoms with Gasteiger partial charge in [-0.3, -0.25) is 0 Å². The molecule has 2 unspecified atom stereocenters. The third-order valence-corrected chi connectivity index (χ3v) is 5.37. The van der Waals surface area contributed by atoms with Crippen LogP contribution in [0, 0.1) is 17.0 Å². The van der Waals surface area contributed by atoms with E-state index in [0.717, 1.165) is 17.7 Å². The van der Waals surface area contributed by atoms with Gasteiger partial charge in [0.2, 0.25) is 0 Å². The predicted molar refractivity (Wildman–Crippen MR) is 103 cm³/mol. The zero-order valence-corrected chi connectivity index (χ0v) is 15.9. The summed E-state index contributed by atoms with van der Waals surface area (Å²) in [6.45, 7) is 9.77. The summed E-state index contributed by atoms with van der Waals surface area (Å²) in [6.07, 6.45) is 4.94. The van der Waals surface area contributed by atoms with Gasteiger partial charge in [0, 0.05) is 23.1 Å². The number of hydrogen-bond acceptors (Lipinski definition) is 2. The van der Waals surface area contributed by atoms with Crippen LogP contribution in [0.1, 0.15) is 44.7 Å². The van der Waals surface area contributed by atoms with Crippen LogP contribution in [0.5, 0.6) is 11.5 Å². The van der Waals surface area contributed by atoms with Crippen molar-refractivity contribution in [3.63, 3.8) is 0 Å². The summed E-state index contributed by atoms with van der Waals surface area (Å²) in [5.41, 5.74) is -1.10. The first-order valence-electron chi connectivity index (χ1n) is 8.99. The van der Waals surface area contributed by atoms with E-state index < -0.39 is 22.7 Å². The minimum Gasteiger partial charge on any atom is -0.456 e. The molecule has 0 bridgehead atoms. The van der Waals surface area contributed by atoms with Crippen LogP contribution in [-0.2, 0) is 5.60 Å². The topological polar surface area (TPSA) is 29.5 Å². The number of hydrogen-bond donors (Lipinski definition) is 1. The molecule has 0 saturated heterocycles. The summed E-state index contributed by atoms with van der Waals surface area (Å²) in [6, 6.07) is 8.81. The summed E-state index contributed by atoms with van der Waals surface area (Å²) < 4.78 is 34.5. The van der Waals surface area contributed by atoms with Crippen molar-refractivity contribution < 1.29 is 18.6 Å². The molecule has 0 radical (unpaired) electrons. The highest BCUT2D eigenvalue weighted by molar-refractivity contribution is 5.58. The lowest BCUT2D eigenvalue weighted by molar-refractivity contribution is -0.0333. The first-order chi connectivity index (χ1) is 12.7. The second kappa shape index (κ2) is 6.93. The summed E-state index contributed by atoms with van der Waals surface area (Å²) in [5, 5.41) is 12.0. The fourth-order valence-electron chi connectivity index (χ4n) is 3.77. The van der Waals surface area contributed by atoms with Gasteiger partial charge in [-0.05, 0) is 32.8 Å². The van der Waals surface area contributed by atoms with Gasteiger partial charge in [-0.2, -0.15) is 0 Å². The van der Waals surface area contributed by atoms with Crippen LogP contribution in [0.2, 0.25) is 0 Å². The molecule has 142 valence electrons. The van der Waals surface area contributed by atoms with E-state index in [4.69, 9.17) is 4.74 Å². The average molecular weight is 370 g/mol. The Balaban J connectivity index is 2.26. The smallest absolute Gasteiger partial charge is 0.139 e. The zero-order valence-electron chi connectivity index (χ0n) is 15.9. The van der Waals surface area contributed by atoms with Crippen molar-refractivity contribution >= 4 is 0 Å². The number of rotatable bonds is 5. The lowest BCUT2D eigenvalue weighted by Gasteiger charge is -2.47. The molecular formula is C23H24F2O2. The van der Waals surface area contributed by atoms with E-state index in [1.165, 1.54) is 0 Å². The Morgan fingerprint density at radius 3 is 2.59 bits per heavy atom. The lowest BCUT2D eigenvalue weighted by Crippen LogP contribution is -2.46. The second-order valence-corrected chi connectivity index (χ2v) is 7.51. The molecule has 3 rings (SSSR count). The second-order valence-electron chi connectivity index (χ2n) is 7.51. The Morgan fingerprint density at radius 1 is 1.22 bits per heavy atom. The number of ether oxygens (including phenoxy) is 1. The molecule has 27 heavy (non-hydrogen) atoms. The maximum atomic E-state index is 14.9. The van der Waals surface area contributed by atoms with E-state index in [-0.39, 0.29) is 11.3 Å². The lowest BCUT2D eigenvalue weighted by atomic mass is 9.62. The van der Waals surface area contributed by atoms with Gasteiger partial charge in [0.05, 0.1) is 5.56 Å². The van der Waals surface area contributed by atoms with Crippen LogP contribution in [0.3, 0.4) is 0 Å². The summed E-state index contributed by atoms with van der Waals surface area (Å²) in [7, 11) is 0. The van der Waals surface area contributed by atoms with E-state index in [0.29, 0.717) is 24.2 Å². The molecule has 2 aromatic carbocycles. The molecule has 1 heterocycles. The molecular weight excluding hydrogens is 346 g/mol. The highest BCUT2D eigenvalue weighted by Crippen LogP contribution is 2.57. The van der Waals surface area contributed by atoms with Crippen molar-refractivity contribution in [2.24, 2.45) is 5.41 Å². The van der Waals surface area contributed by atoms with Crippen LogP contribution in [0.15, 0.2) is 60.7 Å². The molecule has 0 aliphatic carbocycles. The van der Waals surface area contributed by atoms with Crippen LogP contribution in [0.25, 0.3) is 0 Å². The van der Waals surface area contributed by atoms with E-state index in [2.05, 4.69) is 12.7 Å². The molecule has 0 aromatic heterocycles. The number of halogens is 2. The number of fused-ring (bicyclic) bond motifs is 2. The van der Waals surface area contributed by atoms with Crippen LogP contribution in [0.4, 0.5) is 8.78 Å². The van der Waals surface area contributed by atoms with Crippen molar-refractivity contribution in [3.05, 3.63) is 83.5 Å². The Hall–Kier alpha value is -2.46. The predicted octanol–water partition coefficient (Wildman–Crippen LogP) is 6.25. The summed E-state index contributed by atoms with van der Waals surface area (Å²) in [4.78, 5) is 0. The Labute approximate surface area is 158 Å². The van der Waals surface area contributed by atoms with Crippen molar-refractivity contribution in [1.29, 1.82) is 0 Å². The fourth-order valence-corrected chi connectivity index (χ4v) is 3.77. The van der Waals surface area contributed by atoms with E-state index in [1.54, 1.807) is 30.3 Å². The van der Waals surface area contributed by atoms with Crippen molar-refractivity contribution in [2.45, 2.75) is 39.2 Å². The summed E-state index contributed by atoms with van der Waals surface area (Å²) >= 11 is 0. The number of benzene rings is 2. The number of para-hydroxylation sites is 1. The maximum absolute atomic E-state index is 14.9. The fraction of sp³-hybridized carbons (Fsp3) is 0.304. The molecule has 1 aliphatic rings. The molecule has 1 N–H and O–H groups in total. The summed E-state index contributed by atoms with van der Waals surface area (Å²) in [5.74, 6) is -1.22. The van der Waals surface area contributed by atoms with Crippen molar-refractivity contribution in [2.75, 3.05) is 0 Å². The molecule has 0 fully saturated rings. The highest BCUT2D eigenvalue weighted by atomic mass is 19.1. The van der Waals surface area contributed by atoms with Crippen LogP contribution >= 0.6 is 0 Å². The van der Waals surface area contributed by atoms with Gasteiger partial charge < -0.3 is 9.84 Å². The third-order valence-electron chi connectivity index (χ3n) is 5.37. The van der Waals surface area contributed by atoms with Gasteiger partial charge in [0.1, 0.15) is 28.7 Å². The molecule has 4 heteroatoms. The quantitative estimate of drug-likeness (QED) is 0.631. The average Bonchev–Trinajstić information content (AvgIpc) is 2.60. The zero-order chi connectivity index (χ0) is 19.8. The Kier molecular flexibility index (Phi) is 4.96. The van der Waals surface area contributed by atoms with Crippen molar-refractivity contribution in [1.82, 2.24) is 0 Å². The minimum absolute atomic E-state index is 0.0102. The first kappa shape index (κ1) is 19.3. The molecule has 2 nitrogen and oxygen atoms in total. The maximum Gasteiger partial charge on any atom is 0.139 e. The normalized spacial score (nSPS) is 19.9. The van der Waals surface area contributed by atoms with Gasteiger partial charge in [-0.25, -0.2) is 8.78 Å². The van der Waals surface area contributed by atoms with Gasteiger partial charge in [0.15, 0.2) is 0 Å². The van der Waals surface area contributed by atoms with Crippen LogP contribution in [-0.4, -0.2) is 5.11 Å². The van der Waals surface area contributed by atoms with E-state index in [1.807, 2.05) is 20.8 Å². The molecule has 0 amide bonds. The van der Waals surface area contributed by atoms with E-state index >= 15 is 0 Å². The first-order valence-corrected chi connectivity index (χ1v) is 8.99. The van der Waals surface area contributed by atoms with E-state index in [9.17, 15) is 13.9 Å². The molecule has 0 spiro atoms. The Morgan fingerprint density at radius 2 is 1.93 bits per heavy atom. The third kappa shape index (κ3) is 3.08. The number of allylic oxidation sites excluding steroid dienone is 2. The monoisotopic (exact) mass is 370 g/mol. The van der Waals surface area contributed by atoms with Crippen LogP contribution < -0.4 is 4.74 Å². The molecule has 1 aliphatic heterocycles. The minimum atomic E-state index is -1.74. The van der Waals surface area contributed by atoms with Gasteiger partial charge in [-0.15, -0.1) is 6.58 Å². The number of aliphatic hydroxyl groups is 1. The molecule has 2 atom stereocenters. The largest absolute Gasteiger partial charge is 0.456 e. The molecule has 0 saturated carbocycles. The molecule has 2 aromatic rings. The standard InChI is InChI=1S/C23H24F2O2/c1-5-22(4,12-8-9-15(2)3)23(26)17-10-6-7-11-19(17)27-20-14-16(24)13-18(25)21(20)23/h5-7,9-11,13-14,26H,1,8,12H2,2-4H3. The SMILES string of the molecule is C=CC(C)(CCC=C(C)C)C1(O)c2ccccc2Oc2cc(F)cc(F)c21. The van der Waals surface area contributed by atoms with Gasteiger partial charge in [0.25, 0.3) is 0 Å². The van der Waals surface area contributed by atoms with Gasteiger partial charge in [-0.1, -0.05) is 42.8 Å². The van der Waals surface area contributed by atoms with Crippen molar-refractivity contribution in [3.8, 4) is 11.5 Å². The Bertz CT molecular complexity index is 915. The highest BCUT2D eigenvalue weighted by Gasteiger charge is 2.53.